The molecule has 2 aromatic rings. The summed E-state index contributed by atoms with van der Waals surface area (Å²) in [6, 6.07) is 10.8. The van der Waals surface area contributed by atoms with Crippen molar-refractivity contribution in [1.82, 2.24) is 10.2 Å². The topological polar surface area (TPSA) is 49.4 Å². The summed E-state index contributed by atoms with van der Waals surface area (Å²) in [5, 5.41) is 3.26. The Morgan fingerprint density at radius 2 is 1.81 bits per heavy atom. The Hall–Kier alpha value is -2.11. The van der Waals surface area contributed by atoms with Gasteiger partial charge in [-0.3, -0.25) is 9.59 Å². The van der Waals surface area contributed by atoms with Crippen LogP contribution in [-0.2, 0) is 11.3 Å². The number of rotatable bonds is 6. The minimum Gasteiger partial charge on any atom is -0.343 e. The smallest absolute Gasteiger partial charge is 0.253 e. The maximum absolute atomic E-state index is 13.0. The maximum atomic E-state index is 13.0. The number of benzene rings is 2. The first-order valence-electron chi connectivity index (χ1n) is 8.21. The van der Waals surface area contributed by atoms with E-state index in [1.807, 2.05) is 0 Å². The molecule has 3 rings (SSSR count). The van der Waals surface area contributed by atoms with Crippen molar-refractivity contribution in [3.05, 3.63) is 69.5 Å². The van der Waals surface area contributed by atoms with Gasteiger partial charge in [-0.2, -0.15) is 0 Å². The van der Waals surface area contributed by atoms with E-state index in [4.69, 9.17) is 23.2 Å². The molecule has 2 aromatic carbocycles. The van der Waals surface area contributed by atoms with Crippen molar-refractivity contribution in [2.75, 3.05) is 6.54 Å². The van der Waals surface area contributed by atoms with Gasteiger partial charge < -0.3 is 10.2 Å². The monoisotopic (exact) mass is 394 g/mol. The van der Waals surface area contributed by atoms with Crippen LogP contribution in [0.25, 0.3) is 0 Å². The molecule has 0 spiro atoms. The first-order chi connectivity index (χ1) is 12.4. The molecule has 136 valence electrons. The summed E-state index contributed by atoms with van der Waals surface area (Å²) in [4.78, 5) is 26.5. The molecule has 0 heterocycles. The number of nitrogens with zero attached hydrogens (tertiary/aromatic N) is 1. The second kappa shape index (κ2) is 8.06. The Labute approximate surface area is 160 Å². The molecule has 7 heteroatoms. The predicted octanol–water partition coefficient (Wildman–Crippen LogP) is 4.05. The molecule has 26 heavy (non-hydrogen) atoms. The SMILES string of the molecule is O=C(NCC(=O)N(Cc1ccc(F)cc1)C1CC1)c1ccc(Cl)cc1Cl. The molecule has 1 N–H and O–H groups in total. The van der Waals surface area contributed by atoms with Crippen LogP contribution < -0.4 is 5.32 Å². The maximum Gasteiger partial charge on any atom is 0.253 e. The van der Waals surface area contributed by atoms with Crippen molar-refractivity contribution in [1.29, 1.82) is 0 Å². The summed E-state index contributed by atoms with van der Waals surface area (Å²) in [5.74, 6) is -0.932. The van der Waals surface area contributed by atoms with Gasteiger partial charge in [-0.15, -0.1) is 0 Å². The lowest BCUT2D eigenvalue weighted by molar-refractivity contribution is -0.131. The second-order valence-electron chi connectivity index (χ2n) is 6.19. The Bertz CT molecular complexity index is 823. The molecule has 4 nitrogen and oxygen atoms in total. The highest BCUT2D eigenvalue weighted by atomic mass is 35.5. The van der Waals surface area contributed by atoms with E-state index in [1.54, 1.807) is 23.1 Å². The lowest BCUT2D eigenvalue weighted by atomic mass is 10.2. The molecule has 0 unspecified atom stereocenters. The summed E-state index contributed by atoms with van der Waals surface area (Å²) < 4.78 is 13.0. The van der Waals surface area contributed by atoms with Crippen LogP contribution in [0, 0.1) is 5.82 Å². The molecule has 2 amide bonds. The molecule has 0 atom stereocenters. The Morgan fingerprint density at radius 1 is 1.12 bits per heavy atom. The van der Waals surface area contributed by atoms with Crippen LogP contribution in [-0.4, -0.2) is 29.3 Å². The third kappa shape index (κ3) is 4.74. The zero-order valence-electron chi connectivity index (χ0n) is 13.8. The number of nitrogens with one attached hydrogen (secondary N) is 1. The van der Waals surface area contributed by atoms with Crippen molar-refractivity contribution in [3.8, 4) is 0 Å². The first kappa shape index (κ1) is 18.7. The molecule has 1 saturated carbocycles. The number of amides is 2. The molecule has 1 fully saturated rings. The molecule has 0 aromatic heterocycles. The quantitative estimate of drug-likeness (QED) is 0.802. The van der Waals surface area contributed by atoms with E-state index in [0.29, 0.717) is 11.6 Å². The summed E-state index contributed by atoms with van der Waals surface area (Å²) in [6.45, 7) is 0.261. The Kier molecular flexibility index (Phi) is 5.79. The summed E-state index contributed by atoms with van der Waals surface area (Å²) >= 11 is 11.8. The van der Waals surface area contributed by atoms with E-state index >= 15 is 0 Å². The van der Waals surface area contributed by atoms with Crippen LogP contribution in [0.1, 0.15) is 28.8 Å². The molecule has 0 aliphatic heterocycles. The third-order valence-corrected chi connectivity index (χ3v) is 4.70. The average Bonchev–Trinajstić information content (AvgIpc) is 3.44. The van der Waals surface area contributed by atoms with Crippen LogP contribution >= 0.6 is 23.2 Å². The van der Waals surface area contributed by atoms with E-state index in [9.17, 15) is 14.0 Å². The molecule has 1 aliphatic rings. The van der Waals surface area contributed by atoms with Crippen LogP contribution in [0.2, 0.25) is 10.0 Å². The summed E-state index contributed by atoms with van der Waals surface area (Å²) in [7, 11) is 0. The van der Waals surface area contributed by atoms with E-state index in [2.05, 4.69) is 5.32 Å². The standard InChI is InChI=1S/C19H17Cl2FN2O2/c20-13-3-8-16(17(21)9-13)19(26)23-10-18(25)24(15-6-7-15)11-12-1-4-14(22)5-2-12/h1-5,8-9,15H,6-7,10-11H2,(H,23,26). The highest BCUT2D eigenvalue weighted by molar-refractivity contribution is 6.36. The van der Waals surface area contributed by atoms with E-state index in [1.165, 1.54) is 24.3 Å². The highest BCUT2D eigenvalue weighted by Crippen LogP contribution is 2.28. The second-order valence-corrected chi connectivity index (χ2v) is 7.03. The number of hydrogen-bond donors (Lipinski definition) is 1. The van der Waals surface area contributed by atoms with Gasteiger partial charge in [-0.05, 0) is 48.7 Å². The predicted molar refractivity (Wildman–Crippen MR) is 98.8 cm³/mol. The fourth-order valence-electron chi connectivity index (χ4n) is 2.62. The molecule has 0 radical (unpaired) electrons. The van der Waals surface area contributed by atoms with Gasteiger partial charge >= 0.3 is 0 Å². The molecule has 0 saturated heterocycles. The number of carbonyl (C=O) groups is 2. The Balaban J connectivity index is 1.61. The van der Waals surface area contributed by atoms with Crippen molar-refractivity contribution in [2.45, 2.75) is 25.4 Å². The fourth-order valence-corrected chi connectivity index (χ4v) is 3.11. The number of carbonyl (C=O) groups excluding carboxylic acids is 2. The number of hydrogen-bond acceptors (Lipinski definition) is 2. The van der Waals surface area contributed by atoms with E-state index < -0.39 is 5.91 Å². The number of halogens is 3. The largest absolute Gasteiger partial charge is 0.343 e. The zero-order chi connectivity index (χ0) is 18.7. The van der Waals surface area contributed by atoms with Gasteiger partial charge in [-0.25, -0.2) is 4.39 Å². The average molecular weight is 395 g/mol. The molecule has 0 bridgehead atoms. The van der Waals surface area contributed by atoms with Gasteiger partial charge in [0.2, 0.25) is 5.91 Å². The zero-order valence-corrected chi connectivity index (χ0v) is 15.4. The van der Waals surface area contributed by atoms with Gasteiger partial charge in [0.05, 0.1) is 17.1 Å². The van der Waals surface area contributed by atoms with Crippen molar-refractivity contribution >= 4 is 35.0 Å². The third-order valence-electron chi connectivity index (χ3n) is 4.15. The molecular formula is C19H17Cl2FN2O2. The van der Waals surface area contributed by atoms with Crippen LogP contribution in [0.5, 0.6) is 0 Å². The normalized spacial score (nSPS) is 13.3. The van der Waals surface area contributed by atoms with E-state index in [0.717, 1.165) is 18.4 Å². The minimum atomic E-state index is -0.433. The fraction of sp³-hybridized carbons (Fsp3) is 0.263. The molecular weight excluding hydrogens is 378 g/mol. The first-order valence-corrected chi connectivity index (χ1v) is 8.97. The molecule has 1 aliphatic carbocycles. The van der Waals surface area contributed by atoms with E-state index in [-0.39, 0.29) is 34.9 Å². The van der Waals surface area contributed by atoms with Crippen molar-refractivity contribution in [3.63, 3.8) is 0 Å². The summed E-state index contributed by atoms with van der Waals surface area (Å²) in [5.41, 5.74) is 1.11. The van der Waals surface area contributed by atoms with Gasteiger partial charge in [0.25, 0.3) is 5.91 Å². The van der Waals surface area contributed by atoms with Gasteiger partial charge in [0.1, 0.15) is 5.82 Å². The Morgan fingerprint density at radius 3 is 2.42 bits per heavy atom. The van der Waals surface area contributed by atoms with Crippen LogP contribution in [0.3, 0.4) is 0 Å². The van der Waals surface area contributed by atoms with Crippen molar-refractivity contribution in [2.24, 2.45) is 0 Å². The van der Waals surface area contributed by atoms with Gasteiger partial charge in [0.15, 0.2) is 0 Å². The lowest BCUT2D eigenvalue weighted by Crippen LogP contribution is -2.41. The van der Waals surface area contributed by atoms with Gasteiger partial charge in [0, 0.05) is 17.6 Å². The van der Waals surface area contributed by atoms with Gasteiger partial charge in [-0.1, -0.05) is 35.3 Å². The highest BCUT2D eigenvalue weighted by Gasteiger charge is 2.32. The van der Waals surface area contributed by atoms with Crippen LogP contribution in [0.4, 0.5) is 4.39 Å². The minimum absolute atomic E-state index is 0.129. The lowest BCUT2D eigenvalue weighted by Gasteiger charge is -2.23. The summed E-state index contributed by atoms with van der Waals surface area (Å²) in [6.07, 6.45) is 1.87. The van der Waals surface area contributed by atoms with Crippen LogP contribution in [0.15, 0.2) is 42.5 Å². The van der Waals surface area contributed by atoms with Crippen molar-refractivity contribution < 1.29 is 14.0 Å².